The second kappa shape index (κ2) is 6.37. The summed E-state index contributed by atoms with van der Waals surface area (Å²) in [6.45, 7) is 5.85. The number of hydrogen-bond acceptors (Lipinski definition) is 3. The summed E-state index contributed by atoms with van der Waals surface area (Å²) in [7, 11) is 0. The Bertz CT molecular complexity index is 445. The Balaban J connectivity index is 1.85. The number of carbonyl (C=O) groups is 1. The normalized spacial score (nSPS) is 19.6. The zero-order valence-electron chi connectivity index (χ0n) is 12.3. The van der Waals surface area contributed by atoms with Crippen LogP contribution in [-0.2, 0) is 16.0 Å². The molecule has 2 rings (SSSR count). The molecule has 2 N–H and O–H groups in total. The lowest BCUT2D eigenvalue weighted by Crippen LogP contribution is -2.54. The summed E-state index contributed by atoms with van der Waals surface area (Å²) < 4.78 is 5.62. The largest absolute Gasteiger partial charge is 0.372 e. The van der Waals surface area contributed by atoms with Crippen LogP contribution in [0.3, 0.4) is 0 Å². The molecule has 1 aromatic carbocycles. The molecule has 1 heterocycles. The molecular formula is C16H24N2O2. The van der Waals surface area contributed by atoms with Gasteiger partial charge in [0.1, 0.15) is 0 Å². The molecule has 0 radical (unpaired) electrons. The van der Waals surface area contributed by atoms with Crippen molar-refractivity contribution in [2.24, 2.45) is 5.73 Å². The first-order valence-corrected chi connectivity index (χ1v) is 7.20. The zero-order chi connectivity index (χ0) is 14.6. The number of aryl methyl sites for hydroxylation is 1. The number of ether oxygens (including phenoxy) is 1. The van der Waals surface area contributed by atoms with Crippen molar-refractivity contribution in [3.8, 4) is 0 Å². The Morgan fingerprint density at radius 1 is 1.40 bits per heavy atom. The lowest BCUT2D eigenvalue weighted by Gasteiger charge is -2.39. The summed E-state index contributed by atoms with van der Waals surface area (Å²) in [4.78, 5) is 14.2. The smallest absolute Gasteiger partial charge is 0.239 e. The fraction of sp³-hybridized carbons (Fsp3) is 0.562. The quantitative estimate of drug-likeness (QED) is 0.908. The Morgan fingerprint density at radius 2 is 2.10 bits per heavy atom. The predicted octanol–water partition coefficient (Wildman–Crippen LogP) is 1.58. The van der Waals surface area contributed by atoms with Crippen molar-refractivity contribution >= 4 is 5.91 Å². The van der Waals surface area contributed by atoms with Gasteiger partial charge in [0.15, 0.2) is 0 Å². The molecule has 110 valence electrons. The van der Waals surface area contributed by atoms with E-state index < -0.39 is 6.04 Å². The van der Waals surface area contributed by atoms with Gasteiger partial charge in [0.25, 0.3) is 0 Å². The number of carbonyl (C=O) groups excluding carboxylic acids is 1. The van der Waals surface area contributed by atoms with Gasteiger partial charge in [-0.1, -0.05) is 30.3 Å². The summed E-state index contributed by atoms with van der Waals surface area (Å²) >= 11 is 0. The molecule has 1 saturated heterocycles. The van der Waals surface area contributed by atoms with Crippen molar-refractivity contribution in [1.29, 1.82) is 0 Å². The van der Waals surface area contributed by atoms with Crippen LogP contribution in [0.1, 0.15) is 25.8 Å². The Kier molecular flexibility index (Phi) is 4.78. The summed E-state index contributed by atoms with van der Waals surface area (Å²) in [5.74, 6) is 0.0392. The third-order valence-corrected chi connectivity index (χ3v) is 3.64. The Labute approximate surface area is 120 Å². The first-order valence-electron chi connectivity index (χ1n) is 7.20. The number of amides is 1. The lowest BCUT2D eigenvalue weighted by atomic mass is 10.0. The fourth-order valence-corrected chi connectivity index (χ4v) is 2.53. The van der Waals surface area contributed by atoms with Gasteiger partial charge in [-0.05, 0) is 32.3 Å². The van der Waals surface area contributed by atoms with Gasteiger partial charge < -0.3 is 15.4 Å². The molecular weight excluding hydrogens is 252 g/mol. The van der Waals surface area contributed by atoms with E-state index in [1.165, 1.54) is 5.56 Å². The first kappa shape index (κ1) is 15.0. The summed E-state index contributed by atoms with van der Waals surface area (Å²) in [5.41, 5.74) is 7.00. The molecule has 1 fully saturated rings. The SMILES string of the molecule is CC1(C)CN(C(=O)C(N)CCc2ccccc2)CCO1. The van der Waals surface area contributed by atoms with Crippen molar-refractivity contribution in [1.82, 2.24) is 4.90 Å². The van der Waals surface area contributed by atoms with Gasteiger partial charge in [-0.25, -0.2) is 0 Å². The maximum absolute atomic E-state index is 12.4. The number of benzene rings is 1. The van der Waals surface area contributed by atoms with Crippen LogP contribution in [-0.4, -0.2) is 42.1 Å². The highest BCUT2D eigenvalue weighted by atomic mass is 16.5. The van der Waals surface area contributed by atoms with Gasteiger partial charge in [0.2, 0.25) is 5.91 Å². The molecule has 4 heteroatoms. The topological polar surface area (TPSA) is 55.6 Å². The monoisotopic (exact) mass is 276 g/mol. The van der Waals surface area contributed by atoms with E-state index in [0.29, 0.717) is 26.1 Å². The Morgan fingerprint density at radius 3 is 2.75 bits per heavy atom. The molecule has 0 bridgehead atoms. The zero-order valence-corrected chi connectivity index (χ0v) is 12.3. The van der Waals surface area contributed by atoms with Crippen LogP contribution in [0.5, 0.6) is 0 Å². The van der Waals surface area contributed by atoms with E-state index in [-0.39, 0.29) is 11.5 Å². The van der Waals surface area contributed by atoms with Crippen molar-refractivity contribution in [2.75, 3.05) is 19.7 Å². The summed E-state index contributed by atoms with van der Waals surface area (Å²) in [6, 6.07) is 9.71. The third kappa shape index (κ3) is 4.05. The van der Waals surface area contributed by atoms with Gasteiger partial charge in [-0.15, -0.1) is 0 Å². The number of rotatable bonds is 4. The van der Waals surface area contributed by atoms with Crippen LogP contribution < -0.4 is 5.73 Å². The average Bonchev–Trinajstić information content (AvgIpc) is 2.44. The maximum Gasteiger partial charge on any atom is 0.239 e. The number of morpholine rings is 1. The van der Waals surface area contributed by atoms with Gasteiger partial charge in [0.05, 0.1) is 18.2 Å². The van der Waals surface area contributed by atoms with Crippen molar-refractivity contribution in [3.05, 3.63) is 35.9 Å². The van der Waals surface area contributed by atoms with Crippen LogP contribution in [0.15, 0.2) is 30.3 Å². The molecule has 1 aromatic rings. The van der Waals surface area contributed by atoms with Crippen LogP contribution in [0.2, 0.25) is 0 Å². The molecule has 4 nitrogen and oxygen atoms in total. The molecule has 1 atom stereocenters. The number of nitrogens with zero attached hydrogens (tertiary/aromatic N) is 1. The minimum absolute atomic E-state index is 0.0392. The second-order valence-corrected chi connectivity index (χ2v) is 6.00. The predicted molar refractivity (Wildman–Crippen MR) is 79.3 cm³/mol. The Hall–Kier alpha value is -1.39. The van der Waals surface area contributed by atoms with Crippen LogP contribution >= 0.6 is 0 Å². The molecule has 1 aliphatic heterocycles. The van der Waals surface area contributed by atoms with Crippen molar-refractivity contribution < 1.29 is 9.53 Å². The second-order valence-electron chi connectivity index (χ2n) is 6.00. The van der Waals surface area contributed by atoms with E-state index in [1.807, 2.05) is 36.9 Å². The molecule has 1 amide bonds. The molecule has 20 heavy (non-hydrogen) atoms. The highest BCUT2D eigenvalue weighted by molar-refractivity contribution is 5.81. The van der Waals surface area contributed by atoms with E-state index >= 15 is 0 Å². The molecule has 0 spiro atoms. The van der Waals surface area contributed by atoms with Crippen molar-refractivity contribution in [3.63, 3.8) is 0 Å². The van der Waals surface area contributed by atoms with E-state index in [2.05, 4.69) is 12.1 Å². The number of nitrogens with two attached hydrogens (primary N) is 1. The molecule has 0 aromatic heterocycles. The van der Waals surface area contributed by atoms with Gasteiger partial charge in [0, 0.05) is 13.1 Å². The highest BCUT2D eigenvalue weighted by Crippen LogP contribution is 2.17. The maximum atomic E-state index is 12.4. The van der Waals surface area contributed by atoms with Gasteiger partial charge >= 0.3 is 0 Å². The van der Waals surface area contributed by atoms with Crippen LogP contribution in [0.25, 0.3) is 0 Å². The third-order valence-electron chi connectivity index (χ3n) is 3.64. The summed E-state index contributed by atoms with van der Waals surface area (Å²) in [6.07, 6.45) is 1.52. The molecule has 1 unspecified atom stereocenters. The fourth-order valence-electron chi connectivity index (χ4n) is 2.53. The van der Waals surface area contributed by atoms with Gasteiger partial charge in [-0.3, -0.25) is 4.79 Å². The van der Waals surface area contributed by atoms with Crippen molar-refractivity contribution in [2.45, 2.75) is 38.3 Å². The van der Waals surface area contributed by atoms with E-state index in [9.17, 15) is 4.79 Å². The molecule has 0 aliphatic carbocycles. The lowest BCUT2D eigenvalue weighted by molar-refractivity contribution is -0.147. The number of hydrogen-bond donors (Lipinski definition) is 1. The molecule has 0 saturated carbocycles. The minimum Gasteiger partial charge on any atom is -0.372 e. The standard InChI is InChI=1S/C16H24N2O2/c1-16(2)12-18(10-11-20-16)15(19)14(17)9-8-13-6-4-3-5-7-13/h3-7,14H,8-12,17H2,1-2H3. The average molecular weight is 276 g/mol. The molecule has 1 aliphatic rings. The van der Waals surface area contributed by atoms with E-state index in [0.717, 1.165) is 6.42 Å². The van der Waals surface area contributed by atoms with Crippen LogP contribution in [0, 0.1) is 0 Å². The minimum atomic E-state index is -0.427. The first-order chi connectivity index (χ1) is 9.48. The van der Waals surface area contributed by atoms with E-state index in [4.69, 9.17) is 10.5 Å². The van der Waals surface area contributed by atoms with E-state index in [1.54, 1.807) is 0 Å². The van der Waals surface area contributed by atoms with Gasteiger partial charge in [-0.2, -0.15) is 0 Å². The summed E-state index contributed by atoms with van der Waals surface area (Å²) in [5, 5.41) is 0. The van der Waals surface area contributed by atoms with Crippen LogP contribution in [0.4, 0.5) is 0 Å². The highest BCUT2D eigenvalue weighted by Gasteiger charge is 2.31.